The molecule has 0 saturated carbocycles. The molecule has 0 aromatic carbocycles. The van der Waals surface area contributed by atoms with E-state index in [2.05, 4.69) is 32.8 Å². The van der Waals surface area contributed by atoms with Gasteiger partial charge in [0.05, 0.1) is 14.0 Å². The van der Waals surface area contributed by atoms with E-state index in [0.717, 1.165) is 5.67 Å². The van der Waals surface area contributed by atoms with Gasteiger partial charge in [0.25, 0.3) is 0 Å². The normalized spacial score (nSPS) is 16.9. The third-order valence-corrected chi connectivity index (χ3v) is 15.0. The Labute approximate surface area is 108 Å². The minimum Gasteiger partial charge on any atom is -0.449 e. The first-order chi connectivity index (χ1) is 6.74. The molecular weight excluding hydrogens is 279 g/mol. The van der Waals surface area contributed by atoms with Crippen LogP contribution in [0.2, 0.25) is 25.3 Å². The highest BCUT2D eigenvalue weighted by Crippen LogP contribution is 2.20. The molecule has 0 aliphatic heterocycles. The van der Waals surface area contributed by atoms with Crippen LogP contribution >= 0.6 is 23.2 Å². The van der Waals surface area contributed by atoms with Crippen LogP contribution in [0.25, 0.3) is 0 Å². The topological polar surface area (TPSA) is 9.23 Å². The molecule has 0 aliphatic carbocycles. The van der Waals surface area contributed by atoms with Crippen molar-refractivity contribution in [1.29, 1.82) is 0 Å². The lowest BCUT2D eigenvalue weighted by molar-refractivity contribution is 0.568. The van der Waals surface area contributed by atoms with E-state index in [9.17, 15) is 0 Å². The molecule has 1 unspecified atom stereocenters. The molecule has 0 N–H and O–H groups in total. The van der Waals surface area contributed by atoms with E-state index < -0.39 is 26.2 Å². The van der Waals surface area contributed by atoms with E-state index in [-0.39, 0.29) is 4.46 Å². The molecule has 0 aromatic heterocycles. The third kappa shape index (κ3) is 6.76. The van der Waals surface area contributed by atoms with Gasteiger partial charge in [-0.05, 0) is 25.3 Å². The molecule has 0 spiro atoms. The molecule has 6 heteroatoms. The monoisotopic (exact) mass is 298 g/mol. The number of hydrogen-bond donors (Lipinski definition) is 0. The van der Waals surface area contributed by atoms with Crippen molar-refractivity contribution in [3.05, 3.63) is 24.6 Å². The Kier molecular flexibility index (Phi) is 6.70. The molecule has 0 rings (SSSR count). The van der Waals surface area contributed by atoms with E-state index in [1.54, 1.807) is 0 Å². The summed E-state index contributed by atoms with van der Waals surface area (Å²) < 4.78 is 6.06. The first-order valence-electron chi connectivity index (χ1n) is 5.00. The maximum atomic E-state index is 6.23. The lowest BCUT2D eigenvalue weighted by atomic mass is 11.3. The molecule has 0 fully saturated rings. The van der Waals surface area contributed by atoms with Crippen molar-refractivity contribution in [2.24, 2.45) is 0 Å². The number of alkyl halides is 2. The molecular formula is C9H20Cl2OSi3. The summed E-state index contributed by atoms with van der Waals surface area (Å²) in [5, 5.41) is 0. The first kappa shape index (κ1) is 15.7. The van der Waals surface area contributed by atoms with Gasteiger partial charge in [0, 0.05) is 0 Å². The van der Waals surface area contributed by atoms with Gasteiger partial charge in [-0.25, -0.2) is 0 Å². The van der Waals surface area contributed by atoms with Crippen LogP contribution in [0.5, 0.6) is 0 Å². The van der Waals surface area contributed by atoms with Crippen molar-refractivity contribution < 1.29 is 4.12 Å². The van der Waals surface area contributed by atoms with Crippen LogP contribution in [-0.2, 0) is 4.12 Å². The van der Waals surface area contributed by atoms with Crippen molar-refractivity contribution in [1.82, 2.24) is 0 Å². The van der Waals surface area contributed by atoms with Gasteiger partial charge in [-0.1, -0.05) is 11.4 Å². The lowest BCUT2D eigenvalue weighted by Gasteiger charge is -2.32. The largest absolute Gasteiger partial charge is 0.449 e. The summed E-state index contributed by atoms with van der Waals surface area (Å²) in [5.74, 6) is 0. The fraction of sp³-hybridized carbons (Fsp3) is 0.556. The van der Waals surface area contributed by atoms with Gasteiger partial charge in [-0.2, -0.15) is 0 Å². The van der Waals surface area contributed by atoms with Crippen LogP contribution in [0.1, 0.15) is 0 Å². The Hall–Kier alpha value is 0.671. The van der Waals surface area contributed by atoms with Crippen molar-refractivity contribution in [3.63, 3.8) is 0 Å². The summed E-state index contributed by atoms with van der Waals surface area (Å²) in [5.41, 5.74) is 5.01. The summed E-state index contributed by atoms with van der Waals surface area (Å²) >= 11 is 11.6. The van der Waals surface area contributed by atoms with Crippen molar-refractivity contribution in [2.45, 2.75) is 29.8 Å². The summed E-state index contributed by atoms with van der Waals surface area (Å²) in [6.45, 7) is 14.2. The Morgan fingerprint density at radius 2 is 1.80 bits per heavy atom. The van der Waals surface area contributed by atoms with Crippen LogP contribution in [0.15, 0.2) is 24.6 Å². The van der Waals surface area contributed by atoms with Crippen LogP contribution in [-0.4, -0.2) is 30.6 Å². The Morgan fingerprint density at radius 3 is 2.13 bits per heavy atom. The van der Waals surface area contributed by atoms with E-state index in [4.69, 9.17) is 27.3 Å². The zero-order valence-corrected chi connectivity index (χ0v) is 14.7. The smallest absolute Gasteiger partial charge is 0.198 e. The van der Waals surface area contributed by atoms with Gasteiger partial charge in [-0.15, -0.1) is 36.4 Å². The maximum absolute atomic E-state index is 6.23. The summed E-state index contributed by atoms with van der Waals surface area (Å²) in [7, 11) is -3.97. The average Bonchev–Trinajstić information content (AvgIpc) is 2.14. The van der Waals surface area contributed by atoms with Gasteiger partial charge in [0.1, 0.15) is 0 Å². The standard InChI is InChI=1S/C9H20Cl2OSi3/c1-6-14(3,4)12-15(5,7-2)8-13-9(10)11/h6-7,9H,1-2,8,13H2,3-5H3. The summed E-state index contributed by atoms with van der Waals surface area (Å²) in [6.07, 6.45) is 0. The summed E-state index contributed by atoms with van der Waals surface area (Å²) in [4.78, 5) is 0. The van der Waals surface area contributed by atoms with E-state index >= 15 is 0 Å². The zero-order valence-electron chi connectivity index (χ0n) is 9.72. The Bertz CT molecular complexity index is 233. The van der Waals surface area contributed by atoms with Gasteiger partial charge in [0.15, 0.2) is 16.6 Å². The number of hydrogen-bond acceptors (Lipinski definition) is 1. The molecule has 0 amide bonds. The zero-order chi connectivity index (χ0) is 12.1. The molecule has 15 heavy (non-hydrogen) atoms. The third-order valence-electron chi connectivity index (χ3n) is 2.28. The maximum Gasteiger partial charge on any atom is 0.198 e. The second-order valence-corrected chi connectivity index (χ2v) is 17.5. The molecule has 1 nitrogen and oxygen atoms in total. The highest BCUT2D eigenvalue weighted by atomic mass is 35.5. The van der Waals surface area contributed by atoms with E-state index in [1.807, 2.05) is 11.4 Å². The predicted molar refractivity (Wildman–Crippen MR) is 79.4 cm³/mol. The minimum absolute atomic E-state index is 0.172. The van der Waals surface area contributed by atoms with Crippen LogP contribution in [0.4, 0.5) is 0 Å². The van der Waals surface area contributed by atoms with Gasteiger partial charge >= 0.3 is 0 Å². The van der Waals surface area contributed by atoms with Crippen LogP contribution < -0.4 is 0 Å². The minimum atomic E-state index is -1.80. The number of rotatable bonds is 7. The fourth-order valence-electron chi connectivity index (χ4n) is 1.23. The van der Waals surface area contributed by atoms with Crippen molar-refractivity contribution >= 4 is 49.4 Å². The molecule has 0 heterocycles. The predicted octanol–water partition coefficient (Wildman–Crippen LogP) is 3.12. The number of halogens is 2. The van der Waals surface area contributed by atoms with Crippen molar-refractivity contribution in [2.75, 3.05) is 0 Å². The quantitative estimate of drug-likeness (QED) is 0.518. The Balaban J connectivity index is 4.43. The average molecular weight is 299 g/mol. The molecule has 1 atom stereocenters. The SMILES string of the molecule is C=C[Si](C)(C)O[Si](C)(C=C)C[SiH2]C(Cl)Cl. The fourth-order valence-corrected chi connectivity index (χ4v) is 14.0. The van der Waals surface area contributed by atoms with Gasteiger partial charge in [0.2, 0.25) is 0 Å². The van der Waals surface area contributed by atoms with Crippen LogP contribution in [0.3, 0.4) is 0 Å². The van der Waals surface area contributed by atoms with Gasteiger partial charge in [-0.3, -0.25) is 0 Å². The van der Waals surface area contributed by atoms with E-state index in [0.29, 0.717) is 0 Å². The molecule has 0 bridgehead atoms. The lowest BCUT2D eigenvalue weighted by Crippen LogP contribution is -2.45. The first-order valence-corrected chi connectivity index (χ1v) is 13.4. The van der Waals surface area contributed by atoms with Crippen LogP contribution in [0, 0.1) is 0 Å². The molecule has 88 valence electrons. The second-order valence-electron chi connectivity index (χ2n) is 4.36. The van der Waals surface area contributed by atoms with E-state index in [1.165, 1.54) is 0 Å². The second kappa shape index (κ2) is 6.42. The highest BCUT2D eigenvalue weighted by molar-refractivity contribution is 6.94. The van der Waals surface area contributed by atoms with Gasteiger partial charge < -0.3 is 4.12 Å². The van der Waals surface area contributed by atoms with Crippen molar-refractivity contribution in [3.8, 4) is 0 Å². The molecule has 0 radical (unpaired) electrons. The Morgan fingerprint density at radius 1 is 1.27 bits per heavy atom. The highest BCUT2D eigenvalue weighted by Gasteiger charge is 2.32. The molecule has 0 aliphatic rings. The molecule has 0 aromatic rings. The summed E-state index contributed by atoms with van der Waals surface area (Å²) in [6, 6.07) is 0. The molecule has 0 saturated heterocycles.